The van der Waals surface area contributed by atoms with Gasteiger partial charge in [0.1, 0.15) is 0 Å². The van der Waals surface area contributed by atoms with Gasteiger partial charge in [-0.15, -0.1) is 11.3 Å². The molecule has 3 rings (SSSR count). The molecule has 0 radical (unpaired) electrons. The first kappa shape index (κ1) is 23.7. The van der Waals surface area contributed by atoms with E-state index in [0.29, 0.717) is 18.8 Å². The molecule has 1 unspecified atom stereocenters. The molecule has 2 heterocycles. The number of thiophene rings is 1. The van der Waals surface area contributed by atoms with Crippen LogP contribution >= 0.6 is 11.3 Å². The number of benzene rings is 1. The smallest absolute Gasteiger partial charge is 0.222 e. The molecule has 1 fully saturated rings. The van der Waals surface area contributed by atoms with E-state index < -0.39 is 0 Å². The fourth-order valence-electron chi connectivity index (χ4n) is 4.16. The Kier molecular flexibility index (Phi) is 8.85. The van der Waals surface area contributed by atoms with E-state index in [-0.39, 0.29) is 17.6 Å². The highest BCUT2D eigenvalue weighted by molar-refractivity contribution is 7.12. The maximum Gasteiger partial charge on any atom is 0.222 e. The maximum absolute atomic E-state index is 13.1. The van der Waals surface area contributed by atoms with Gasteiger partial charge in [-0.05, 0) is 61.2 Å². The molecule has 1 aromatic heterocycles. The van der Waals surface area contributed by atoms with Crippen LogP contribution < -0.4 is 0 Å². The second kappa shape index (κ2) is 11.6. The van der Waals surface area contributed by atoms with Crippen LogP contribution in [0.15, 0.2) is 41.8 Å². The van der Waals surface area contributed by atoms with Crippen molar-refractivity contribution < 1.29 is 9.59 Å². The summed E-state index contributed by atoms with van der Waals surface area (Å²) in [6, 6.07) is 12.7. The van der Waals surface area contributed by atoms with Crippen LogP contribution in [0, 0.1) is 5.92 Å². The van der Waals surface area contributed by atoms with Crippen LogP contribution in [-0.4, -0.2) is 54.7 Å². The second-order valence-electron chi connectivity index (χ2n) is 9.05. The first-order chi connectivity index (χ1) is 14.9. The molecule has 0 N–H and O–H groups in total. The largest absolute Gasteiger partial charge is 0.340 e. The first-order valence-corrected chi connectivity index (χ1v) is 12.4. The summed E-state index contributed by atoms with van der Waals surface area (Å²) in [5, 5.41) is 1.95. The Balaban J connectivity index is 1.54. The summed E-state index contributed by atoms with van der Waals surface area (Å²) in [6.45, 7) is 7.87. The number of hydrogen-bond acceptors (Lipinski definition) is 4. The lowest BCUT2D eigenvalue weighted by Gasteiger charge is -2.32. The van der Waals surface area contributed by atoms with E-state index in [1.54, 1.807) is 0 Å². The Labute approximate surface area is 191 Å². The second-order valence-corrected chi connectivity index (χ2v) is 10.00. The summed E-state index contributed by atoms with van der Waals surface area (Å²) >= 11 is 1.51. The van der Waals surface area contributed by atoms with Gasteiger partial charge in [0.2, 0.25) is 5.91 Å². The third kappa shape index (κ3) is 7.01. The molecule has 0 aliphatic carbocycles. The minimum atomic E-state index is -0.0787. The number of likely N-dealkylation sites (N-methyl/N-ethyl adjacent to an activating group) is 1. The van der Waals surface area contributed by atoms with E-state index in [1.165, 1.54) is 22.5 Å². The van der Waals surface area contributed by atoms with Gasteiger partial charge in [-0.25, -0.2) is 0 Å². The zero-order valence-electron chi connectivity index (χ0n) is 19.2. The van der Waals surface area contributed by atoms with Crippen LogP contribution in [0.5, 0.6) is 0 Å². The third-order valence-electron chi connectivity index (χ3n) is 6.36. The summed E-state index contributed by atoms with van der Waals surface area (Å²) in [5.41, 5.74) is 2.68. The number of aryl methyl sites for hydroxylation is 1. The highest BCUT2D eigenvalue weighted by atomic mass is 32.1. The monoisotopic (exact) mass is 440 g/mol. The minimum Gasteiger partial charge on any atom is -0.340 e. The molecular formula is C26H36N2O2S. The van der Waals surface area contributed by atoms with Gasteiger partial charge >= 0.3 is 0 Å². The molecule has 1 aliphatic heterocycles. The number of rotatable bonds is 10. The Hall–Kier alpha value is -1.98. The van der Waals surface area contributed by atoms with Gasteiger partial charge in [-0.1, -0.05) is 44.2 Å². The lowest BCUT2D eigenvalue weighted by molar-refractivity contribution is -0.133. The predicted octanol–water partition coefficient (Wildman–Crippen LogP) is 5.25. The van der Waals surface area contributed by atoms with E-state index in [4.69, 9.17) is 0 Å². The van der Waals surface area contributed by atoms with E-state index in [0.717, 1.165) is 50.3 Å². The van der Waals surface area contributed by atoms with Crippen LogP contribution in [0.1, 0.15) is 66.2 Å². The minimum absolute atomic E-state index is 0.0787. The summed E-state index contributed by atoms with van der Waals surface area (Å²) in [4.78, 5) is 30.8. The number of nitrogens with zero attached hydrogens (tertiary/aromatic N) is 2. The fourth-order valence-corrected chi connectivity index (χ4v) is 4.90. The molecule has 1 aliphatic rings. The molecule has 5 heteroatoms. The van der Waals surface area contributed by atoms with E-state index in [1.807, 2.05) is 22.4 Å². The SMILES string of the molecule is CC(C)c1ccc(CCCC(CCC(=O)N2CCN(C)CC2)C(=O)c2cccs2)cc1. The van der Waals surface area contributed by atoms with Crippen LogP contribution in [0.3, 0.4) is 0 Å². The normalized spacial score (nSPS) is 15.9. The van der Waals surface area contributed by atoms with E-state index in [2.05, 4.69) is 50.1 Å². The molecule has 1 atom stereocenters. The van der Waals surface area contributed by atoms with Gasteiger partial charge in [-0.3, -0.25) is 9.59 Å². The predicted molar refractivity (Wildman–Crippen MR) is 129 cm³/mol. The number of Topliss-reactive ketones (excluding diaryl/α,β-unsaturated/α-hetero) is 1. The highest BCUT2D eigenvalue weighted by Crippen LogP contribution is 2.24. The van der Waals surface area contributed by atoms with Gasteiger partial charge in [-0.2, -0.15) is 0 Å². The van der Waals surface area contributed by atoms with Crippen LogP contribution in [0.25, 0.3) is 0 Å². The Morgan fingerprint density at radius 2 is 1.71 bits per heavy atom. The highest BCUT2D eigenvalue weighted by Gasteiger charge is 2.24. The topological polar surface area (TPSA) is 40.6 Å². The molecule has 1 aromatic carbocycles. The van der Waals surface area contributed by atoms with Crippen molar-refractivity contribution >= 4 is 23.0 Å². The molecule has 31 heavy (non-hydrogen) atoms. The van der Waals surface area contributed by atoms with Gasteiger partial charge < -0.3 is 9.80 Å². The quantitative estimate of drug-likeness (QED) is 0.474. The molecule has 4 nitrogen and oxygen atoms in total. The molecule has 0 saturated carbocycles. The van der Waals surface area contributed by atoms with Crippen molar-refractivity contribution in [2.45, 2.75) is 51.9 Å². The number of carbonyl (C=O) groups excluding carboxylic acids is 2. The molecule has 1 saturated heterocycles. The van der Waals surface area contributed by atoms with Crippen molar-refractivity contribution in [2.24, 2.45) is 5.92 Å². The average molecular weight is 441 g/mol. The zero-order chi connectivity index (χ0) is 22.2. The third-order valence-corrected chi connectivity index (χ3v) is 7.25. The maximum atomic E-state index is 13.1. The summed E-state index contributed by atoms with van der Waals surface area (Å²) in [7, 11) is 2.09. The number of ketones is 1. The van der Waals surface area contributed by atoms with Gasteiger partial charge in [0.15, 0.2) is 5.78 Å². The Bertz CT molecular complexity index is 822. The van der Waals surface area contributed by atoms with Crippen molar-refractivity contribution in [3.63, 3.8) is 0 Å². The average Bonchev–Trinajstić information content (AvgIpc) is 3.31. The lowest BCUT2D eigenvalue weighted by Crippen LogP contribution is -2.47. The molecule has 2 aromatic rings. The van der Waals surface area contributed by atoms with E-state index >= 15 is 0 Å². The number of piperazine rings is 1. The zero-order valence-corrected chi connectivity index (χ0v) is 20.0. The van der Waals surface area contributed by atoms with Crippen LogP contribution in [-0.2, 0) is 11.2 Å². The van der Waals surface area contributed by atoms with Crippen molar-refractivity contribution in [1.82, 2.24) is 9.80 Å². The fraction of sp³-hybridized carbons (Fsp3) is 0.538. The van der Waals surface area contributed by atoms with Crippen molar-refractivity contribution in [3.05, 3.63) is 57.8 Å². The Morgan fingerprint density at radius 3 is 2.32 bits per heavy atom. The van der Waals surface area contributed by atoms with Gasteiger partial charge in [0.05, 0.1) is 4.88 Å². The molecule has 0 spiro atoms. The standard InChI is InChI=1S/C26H36N2O2S/c1-20(2)22-11-9-21(10-12-22)6-4-7-23(26(30)24-8-5-19-31-24)13-14-25(29)28-17-15-27(3)16-18-28/h5,8-12,19-20,23H,4,6-7,13-18H2,1-3H3. The van der Waals surface area contributed by atoms with Gasteiger partial charge in [0.25, 0.3) is 0 Å². The first-order valence-electron chi connectivity index (χ1n) is 11.6. The summed E-state index contributed by atoms with van der Waals surface area (Å²) in [6.07, 6.45) is 3.88. The molecule has 168 valence electrons. The van der Waals surface area contributed by atoms with Crippen molar-refractivity contribution in [2.75, 3.05) is 33.2 Å². The Morgan fingerprint density at radius 1 is 1.00 bits per heavy atom. The number of hydrogen-bond donors (Lipinski definition) is 0. The summed E-state index contributed by atoms with van der Waals surface area (Å²) in [5.74, 6) is 0.863. The lowest BCUT2D eigenvalue weighted by atomic mass is 9.90. The van der Waals surface area contributed by atoms with Crippen LogP contribution in [0.4, 0.5) is 0 Å². The summed E-state index contributed by atoms with van der Waals surface area (Å²) < 4.78 is 0. The molecular weight excluding hydrogens is 404 g/mol. The van der Waals surface area contributed by atoms with Crippen molar-refractivity contribution in [3.8, 4) is 0 Å². The number of amides is 1. The number of carbonyl (C=O) groups is 2. The van der Waals surface area contributed by atoms with Crippen molar-refractivity contribution in [1.29, 1.82) is 0 Å². The molecule has 0 bridgehead atoms. The van der Waals surface area contributed by atoms with E-state index in [9.17, 15) is 9.59 Å². The van der Waals surface area contributed by atoms with Gasteiger partial charge in [0, 0.05) is 38.5 Å². The molecule has 1 amide bonds. The van der Waals surface area contributed by atoms with Crippen LogP contribution in [0.2, 0.25) is 0 Å².